The third kappa shape index (κ3) is 1.59. The molecule has 0 radical (unpaired) electrons. The zero-order chi connectivity index (χ0) is 11.0. The van der Waals surface area contributed by atoms with Crippen molar-refractivity contribution < 1.29 is 0 Å². The van der Waals surface area contributed by atoms with Crippen molar-refractivity contribution in [2.24, 2.45) is 0 Å². The van der Waals surface area contributed by atoms with E-state index in [4.69, 9.17) is 0 Å². The molecule has 1 aliphatic heterocycles. The summed E-state index contributed by atoms with van der Waals surface area (Å²) in [6, 6.07) is 0.596. The molecule has 1 N–H and O–H groups in total. The van der Waals surface area contributed by atoms with Crippen molar-refractivity contribution in [2.45, 2.75) is 32.2 Å². The molecule has 84 valence electrons. The van der Waals surface area contributed by atoms with Crippen LogP contribution >= 0.6 is 0 Å². The van der Waals surface area contributed by atoms with Crippen molar-refractivity contribution in [2.75, 3.05) is 6.54 Å². The smallest absolute Gasteiger partial charge is 0.115 e. The van der Waals surface area contributed by atoms with Gasteiger partial charge in [-0.3, -0.25) is 4.98 Å². The van der Waals surface area contributed by atoms with Crippen molar-refractivity contribution in [1.29, 1.82) is 0 Å². The Labute approximate surface area is 94.7 Å². The Balaban J connectivity index is 1.96. The molecule has 4 heteroatoms. The van der Waals surface area contributed by atoms with Crippen LogP contribution in [-0.4, -0.2) is 27.0 Å². The third-order valence-electron chi connectivity index (χ3n) is 3.30. The summed E-state index contributed by atoms with van der Waals surface area (Å²) in [6.07, 6.45) is 9.26. The number of fused-ring (bicyclic) bond motifs is 1. The van der Waals surface area contributed by atoms with Gasteiger partial charge in [-0.05, 0) is 26.3 Å². The minimum Gasteiger partial charge on any atom is -0.314 e. The predicted molar refractivity (Wildman–Crippen MR) is 62.5 cm³/mol. The van der Waals surface area contributed by atoms with Crippen molar-refractivity contribution in [3.63, 3.8) is 0 Å². The highest BCUT2D eigenvalue weighted by molar-refractivity contribution is 5.50. The zero-order valence-electron chi connectivity index (χ0n) is 9.48. The van der Waals surface area contributed by atoms with Crippen molar-refractivity contribution in [3.05, 3.63) is 30.1 Å². The van der Waals surface area contributed by atoms with E-state index in [9.17, 15) is 0 Å². The molecule has 3 rings (SSSR count). The lowest BCUT2D eigenvalue weighted by molar-refractivity contribution is 0.584. The average molecular weight is 216 g/mol. The molecule has 2 aromatic rings. The lowest BCUT2D eigenvalue weighted by atomic mass is 10.1. The van der Waals surface area contributed by atoms with Crippen LogP contribution in [0.2, 0.25) is 0 Å². The molecule has 0 bridgehead atoms. The van der Waals surface area contributed by atoms with Crippen LogP contribution in [0.4, 0.5) is 0 Å². The summed E-state index contributed by atoms with van der Waals surface area (Å²) >= 11 is 0. The van der Waals surface area contributed by atoms with Crippen molar-refractivity contribution in [1.82, 2.24) is 19.7 Å². The topological polar surface area (TPSA) is 42.2 Å². The van der Waals surface area contributed by atoms with Crippen LogP contribution in [0.15, 0.2) is 18.6 Å². The van der Waals surface area contributed by atoms with Crippen LogP contribution in [0, 0.1) is 6.92 Å². The lowest BCUT2D eigenvalue weighted by Gasteiger charge is -2.08. The molecule has 1 atom stereocenters. The molecular weight excluding hydrogens is 200 g/mol. The highest BCUT2D eigenvalue weighted by Gasteiger charge is 2.17. The maximum atomic E-state index is 4.64. The molecule has 16 heavy (non-hydrogen) atoms. The fourth-order valence-electron chi connectivity index (χ4n) is 2.45. The Kier molecular flexibility index (Phi) is 2.36. The second-order valence-corrected chi connectivity index (χ2v) is 4.44. The molecule has 1 saturated heterocycles. The molecule has 0 aromatic carbocycles. The Morgan fingerprint density at radius 2 is 2.50 bits per heavy atom. The molecular formula is C12H16N4. The van der Waals surface area contributed by atoms with Gasteiger partial charge in [0.05, 0.1) is 17.4 Å². The predicted octanol–water partition coefficient (Wildman–Crippen LogP) is 1.33. The summed E-state index contributed by atoms with van der Waals surface area (Å²) in [5.74, 6) is 1.15. The van der Waals surface area contributed by atoms with E-state index in [2.05, 4.69) is 19.7 Å². The quantitative estimate of drug-likeness (QED) is 0.823. The van der Waals surface area contributed by atoms with Gasteiger partial charge in [-0.25, -0.2) is 4.98 Å². The first-order chi connectivity index (χ1) is 7.84. The van der Waals surface area contributed by atoms with E-state index in [1.54, 1.807) is 0 Å². The maximum Gasteiger partial charge on any atom is 0.115 e. The van der Waals surface area contributed by atoms with E-state index in [-0.39, 0.29) is 0 Å². The fraction of sp³-hybridized carbons (Fsp3) is 0.500. The van der Waals surface area contributed by atoms with E-state index in [1.165, 1.54) is 12.8 Å². The van der Waals surface area contributed by atoms with E-state index < -0.39 is 0 Å². The first-order valence-electron chi connectivity index (χ1n) is 5.85. The first-order valence-corrected chi connectivity index (χ1v) is 5.85. The third-order valence-corrected chi connectivity index (χ3v) is 3.30. The highest BCUT2D eigenvalue weighted by atomic mass is 15.0. The van der Waals surface area contributed by atoms with Crippen LogP contribution in [0.3, 0.4) is 0 Å². The van der Waals surface area contributed by atoms with Crippen LogP contribution in [0.5, 0.6) is 0 Å². The standard InChI is InChI=1S/C12H16N4/c1-9-11-8-13-5-6-16(11)12(15-9)7-10-3-2-4-14-10/h5-6,8,10,14H,2-4,7H2,1H3. The Bertz CT molecular complexity index is 497. The normalized spacial score (nSPS) is 20.7. The Hall–Kier alpha value is -1.42. The summed E-state index contributed by atoms with van der Waals surface area (Å²) < 4.78 is 2.16. The molecule has 1 aliphatic rings. The van der Waals surface area contributed by atoms with E-state index in [0.717, 1.165) is 30.0 Å². The molecule has 0 saturated carbocycles. The summed E-state index contributed by atoms with van der Waals surface area (Å²) in [5, 5.41) is 3.51. The SMILES string of the molecule is Cc1nc(CC2CCCN2)n2ccncc12. The monoisotopic (exact) mass is 216 g/mol. The van der Waals surface area contributed by atoms with Gasteiger partial charge in [-0.2, -0.15) is 0 Å². The number of hydrogen-bond acceptors (Lipinski definition) is 3. The van der Waals surface area contributed by atoms with Gasteiger partial charge in [0.25, 0.3) is 0 Å². The Morgan fingerprint density at radius 3 is 3.31 bits per heavy atom. The van der Waals surface area contributed by atoms with Gasteiger partial charge < -0.3 is 9.72 Å². The summed E-state index contributed by atoms with van der Waals surface area (Å²) in [4.78, 5) is 8.78. The minimum atomic E-state index is 0.596. The number of aryl methyl sites for hydroxylation is 1. The van der Waals surface area contributed by atoms with Gasteiger partial charge in [0.2, 0.25) is 0 Å². The van der Waals surface area contributed by atoms with Gasteiger partial charge in [0, 0.05) is 24.9 Å². The molecule has 0 aliphatic carbocycles. The van der Waals surface area contributed by atoms with Gasteiger partial charge in [-0.15, -0.1) is 0 Å². The molecule has 1 unspecified atom stereocenters. The molecule has 2 aromatic heterocycles. The van der Waals surface area contributed by atoms with Crippen LogP contribution in [0.25, 0.3) is 5.52 Å². The molecule has 3 heterocycles. The van der Waals surface area contributed by atoms with E-state index >= 15 is 0 Å². The number of imidazole rings is 1. The second-order valence-electron chi connectivity index (χ2n) is 4.44. The molecule has 0 amide bonds. The van der Waals surface area contributed by atoms with Gasteiger partial charge >= 0.3 is 0 Å². The minimum absolute atomic E-state index is 0.596. The van der Waals surface area contributed by atoms with Gasteiger partial charge in [0.1, 0.15) is 5.82 Å². The second kappa shape index (κ2) is 3.87. The lowest BCUT2D eigenvalue weighted by Crippen LogP contribution is -2.24. The molecule has 0 spiro atoms. The number of aromatic nitrogens is 3. The Morgan fingerprint density at radius 1 is 1.56 bits per heavy atom. The van der Waals surface area contributed by atoms with Crippen LogP contribution < -0.4 is 5.32 Å². The number of hydrogen-bond donors (Lipinski definition) is 1. The maximum absolute atomic E-state index is 4.64. The summed E-state index contributed by atoms with van der Waals surface area (Å²) in [6.45, 7) is 3.19. The first kappa shape index (κ1) is 9.78. The van der Waals surface area contributed by atoms with Gasteiger partial charge in [0.15, 0.2) is 0 Å². The highest BCUT2D eigenvalue weighted by Crippen LogP contribution is 2.15. The molecule has 4 nitrogen and oxygen atoms in total. The largest absolute Gasteiger partial charge is 0.314 e. The van der Waals surface area contributed by atoms with Crippen LogP contribution in [0.1, 0.15) is 24.4 Å². The summed E-state index contributed by atoms with van der Waals surface area (Å²) in [7, 11) is 0. The van der Waals surface area contributed by atoms with E-state index in [0.29, 0.717) is 6.04 Å². The van der Waals surface area contributed by atoms with Crippen molar-refractivity contribution >= 4 is 5.52 Å². The fourth-order valence-corrected chi connectivity index (χ4v) is 2.45. The van der Waals surface area contributed by atoms with E-state index in [1.807, 2.05) is 25.5 Å². The van der Waals surface area contributed by atoms with Crippen molar-refractivity contribution in [3.8, 4) is 0 Å². The summed E-state index contributed by atoms with van der Waals surface area (Å²) in [5.41, 5.74) is 2.19. The molecule has 1 fully saturated rings. The number of nitrogens with zero attached hydrogens (tertiary/aromatic N) is 3. The zero-order valence-corrected chi connectivity index (χ0v) is 9.48. The number of rotatable bonds is 2. The van der Waals surface area contributed by atoms with Gasteiger partial charge in [-0.1, -0.05) is 0 Å². The van der Waals surface area contributed by atoms with Crippen LogP contribution in [-0.2, 0) is 6.42 Å². The number of nitrogens with one attached hydrogen (secondary N) is 1. The average Bonchev–Trinajstić information content (AvgIpc) is 2.90.